The Balaban J connectivity index is 1.75. The summed E-state index contributed by atoms with van der Waals surface area (Å²) >= 11 is 0. The first-order valence-electron chi connectivity index (χ1n) is 10.1. The van der Waals surface area contributed by atoms with Crippen LogP contribution in [0.4, 0.5) is 0 Å². The van der Waals surface area contributed by atoms with Crippen molar-refractivity contribution in [3.05, 3.63) is 71.8 Å². The fraction of sp³-hybridized carbons (Fsp3) is 0.423. The minimum Gasteiger partial charge on any atom is -0.192 e. The van der Waals surface area contributed by atoms with E-state index in [2.05, 4.69) is 62.3 Å². The van der Waals surface area contributed by atoms with Gasteiger partial charge in [0, 0.05) is 17.9 Å². The molecule has 140 valence electrons. The van der Waals surface area contributed by atoms with E-state index in [1.165, 1.54) is 36.0 Å². The van der Waals surface area contributed by atoms with Gasteiger partial charge in [-0.3, -0.25) is 0 Å². The first-order chi connectivity index (χ1) is 13.1. The molecule has 0 saturated heterocycles. The maximum Gasteiger partial charge on any atom is 0.0985 e. The Kier molecular flexibility index (Phi) is 8.67. The summed E-state index contributed by atoms with van der Waals surface area (Å²) in [4.78, 5) is 0. The number of nitrogens with zero attached hydrogens (tertiary/aromatic N) is 1. The van der Waals surface area contributed by atoms with Crippen LogP contribution in [0.5, 0.6) is 0 Å². The Bertz CT molecular complexity index is 778. The maximum absolute atomic E-state index is 8.68. The van der Waals surface area contributed by atoms with Crippen molar-refractivity contribution in [3.8, 4) is 17.9 Å². The molecule has 1 aliphatic rings. The summed E-state index contributed by atoms with van der Waals surface area (Å²) < 4.78 is 0. The average Bonchev–Trinajstić information content (AvgIpc) is 3.02. The molecule has 1 fully saturated rings. The van der Waals surface area contributed by atoms with Gasteiger partial charge in [0.2, 0.25) is 0 Å². The smallest absolute Gasteiger partial charge is 0.0985 e. The SMILES string of the molecule is C=C(C#N)/C=C/CCCCC1C(=C)CCC1C#CCCc1ccccc1C. The van der Waals surface area contributed by atoms with Crippen LogP contribution in [-0.4, -0.2) is 0 Å². The van der Waals surface area contributed by atoms with Gasteiger partial charge in [0.15, 0.2) is 0 Å². The summed E-state index contributed by atoms with van der Waals surface area (Å²) in [6, 6.07) is 10.6. The van der Waals surface area contributed by atoms with Crippen LogP contribution in [0.15, 0.2) is 60.7 Å². The van der Waals surface area contributed by atoms with Gasteiger partial charge in [-0.15, -0.1) is 5.92 Å². The quantitative estimate of drug-likeness (QED) is 0.167. The lowest BCUT2D eigenvalue weighted by Gasteiger charge is -2.15. The van der Waals surface area contributed by atoms with Crippen LogP contribution in [-0.2, 0) is 6.42 Å². The topological polar surface area (TPSA) is 23.8 Å². The molecule has 27 heavy (non-hydrogen) atoms. The standard InChI is InChI=1S/C26H31N/c1-21(20-27)12-6-4-5-7-17-26-23(3)18-19-25(26)16-11-10-15-24-14-9-8-13-22(24)2/h6,8-9,12-14,25-26H,1,3-5,7,10,15,17-19H2,2H3/b12-6+. The summed E-state index contributed by atoms with van der Waals surface area (Å²) in [5.41, 5.74) is 4.69. The number of hydrogen-bond acceptors (Lipinski definition) is 1. The molecule has 0 radical (unpaired) electrons. The Morgan fingerprint density at radius 1 is 1.30 bits per heavy atom. The van der Waals surface area contributed by atoms with E-state index >= 15 is 0 Å². The molecule has 0 N–H and O–H groups in total. The molecule has 2 atom stereocenters. The molecule has 0 aromatic heterocycles. The molecular weight excluding hydrogens is 326 g/mol. The molecule has 1 nitrogen and oxygen atoms in total. The lowest BCUT2D eigenvalue weighted by molar-refractivity contribution is 0.464. The zero-order valence-corrected chi connectivity index (χ0v) is 16.6. The molecule has 1 aliphatic carbocycles. The van der Waals surface area contributed by atoms with E-state index in [-0.39, 0.29) is 0 Å². The monoisotopic (exact) mass is 357 g/mol. The van der Waals surface area contributed by atoms with Crippen molar-refractivity contribution in [1.82, 2.24) is 0 Å². The number of nitriles is 1. The molecule has 1 aromatic carbocycles. The van der Waals surface area contributed by atoms with Gasteiger partial charge in [-0.1, -0.05) is 61.4 Å². The van der Waals surface area contributed by atoms with Crippen LogP contribution in [0, 0.1) is 41.9 Å². The van der Waals surface area contributed by atoms with Crippen LogP contribution in [0.1, 0.15) is 56.1 Å². The van der Waals surface area contributed by atoms with Gasteiger partial charge >= 0.3 is 0 Å². The van der Waals surface area contributed by atoms with Gasteiger partial charge in [0.05, 0.1) is 6.07 Å². The Morgan fingerprint density at radius 3 is 2.89 bits per heavy atom. The van der Waals surface area contributed by atoms with Crippen molar-refractivity contribution >= 4 is 0 Å². The summed E-state index contributed by atoms with van der Waals surface area (Å²) in [5, 5.41) is 8.68. The normalized spacial score (nSPS) is 18.9. The first-order valence-corrected chi connectivity index (χ1v) is 10.1. The second-order valence-electron chi connectivity index (χ2n) is 7.48. The van der Waals surface area contributed by atoms with Crippen molar-refractivity contribution in [2.24, 2.45) is 11.8 Å². The Hall–Kier alpha value is -2.51. The minimum absolute atomic E-state index is 0.489. The molecule has 0 aliphatic heterocycles. The van der Waals surface area contributed by atoms with Crippen molar-refractivity contribution in [2.75, 3.05) is 0 Å². The molecule has 1 saturated carbocycles. The highest BCUT2D eigenvalue weighted by molar-refractivity contribution is 5.29. The summed E-state index contributed by atoms with van der Waals surface area (Å²) in [7, 11) is 0. The van der Waals surface area contributed by atoms with E-state index in [1.54, 1.807) is 0 Å². The zero-order valence-electron chi connectivity index (χ0n) is 16.6. The average molecular weight is 358 g/mol. The number of benzene rings is 1. The highest BCUT2D eigenvalue weighted by atomic mass is 14.3. The van der Waals surface area contributed by atoms with Crippen molar-refractivity contribution in [2.45, 2.75) is 58.3 Å². The summed E-state index contributed by atoms with van der Waals surface area (Å²) in [5.74, 6) is 8.05. The summed E-state index contributed by atoms with van der Waals surface area (Å²) in [6.45, 7) is 10.1. The van der Waals surface area contributed by atoms with Crippen molar-refractivity contribution < 1.29 is 0 Å². The van der Waals surface area contributed by atoms with Crippen LogP contribution in [0.25, 0.3) is 0 Å². The van der Waals surface area contributed by atoms with Gasteiger partial charge in [-0.05, 0) is 68.6 Å². The lowest BCUT2D eigenvalue weighted by atomic mass is 9.89. The molecule has 0 amide bonds. The molecule has 2 rings (SSSR count). The molecular formula is C26H31N. The van der Waals surface area contributed by atoms with E-state index in [1.807, 2.05) is 12.1 Å². The predicted octanol–water partition coefficient (Wildman–Crippen LogP) is 6.71. The number of allylic oxidation sites excluding steroid dienone is 4. The van der Waals surface area contributed by atoms with E-state index in [0.717, 1.165) is 32.1 Å². The molecule has 2 unspecified atom stereocenters. The first kappa shape index (κ1) is 20.8. The molecule has 1 aromatic rings. The van der Waals surface area contributed by atoms with E-state index in [4.69, 9.17) is 5.26 Å². The number of unbranched alkanes of at least 4 members (excludes halogenated alkanes) is 2. The minimum atomic E-state index is 0.489. The third-order valence-electron chi connectivity index (χ3n) is 5.45. The fourth-order valence-corrected chi connectivity index (χ4v) is 3.77. The third-order valence-corrected chi connectivity index (χ3v) is 5.45. The zero-order chi connectivity index (χ0) is 19.5. The van der Waals surface area contributed by atoms with E-state index in [9.17, 15) is 0 Å². The van der Waals surface area contributed by atoms with Crippen LogP contribution in [0.2, 0.25) is 0 Å². The van der Waals surface area contributed by atoms with Gasteiger partial charge < -0.3 is 0 Å². The fourth-order valence-electron chi connectivity index (χ4n) is 3.77. The number of hydrogen-bond donors (Lipinski definition) is 0. The Morgan fingerprint density at radius 2 is 2.11 bits per heavy atom. The van der Waals surface area contributed by atoms with Crippen molar-refractivity contribution in [1.29, 1.82) is 5.26 Å². The van der Waals surface area contributed by atoms with Gasteiger partial charge in [-0.2, -0.15) is 5.26 Å². The predicted molar refractivity (Wildman–Crippen MR) is 115 cm³/mol. The van der Waals surface area contributed by atoms with Gasteiger partial charge in [0.25, 0.3) is 0 Å². The van der Waals surface area contributed by atoms with Crippen molar-refractivity contribution in [3.63, 3.8) is 0 Å². The molecule has 0 heterocycles. The highest BCUT2D eigenvalue weighted by Gasteiger charge is 2.28. The third kappa shape index (κ3) is 6.96. The number of aryl methyl sites for hydroxylation is 2. The van der Waals surface area contributed by atoms with E-state index < -0.39 is 0 Å². The lowest BCUT2D eigenvalue weighted by Crippen LogP contribution is -2.07. The van der Waals surface area contributed by atoms with E-state index in [0.29, 0.717) is 17.4 Å². The molecule has 0 spiro atoms. The van der Waals surface area contributed by atoms with Crippen LogP contribution in [0.3, 0.4) is 0 Å². The number of rotatable bonds is 8. The van der Waals surface area contributed by atoms with Gasteiger partial charge in [0.1, 0.15) is 0 Å². The van der Waals surface area contributed by atoms with Crippen LogP contribution >= 0.6 is 0 Å². The summed E-state index contributed by atoms with van der Waals surface area (Å²) in [6.07, 6.45) is 12.7. The van der Waals surface area contributed by atoms with Crippen LogP contribution < -0.4 is 0 Å². The second-order valence-corrected chi connectivity index (χ2v) is 7.48. The maximum atomic E-state index is 8.68. The second kappa shape index (κ2) is 11.3. The highest BCUT2D eigenvalue weighted by Crippen LogP contribution is 2.38. The molecule has 0 bridgehead atoms. The molecule has 1 heteroatoms. The largest absolute Gasteiger partial charge is 0.192 e. The van der Waals surface area contributed by atoms with Gasteiger partial charge in [-0.25, -0.2) is 0 Å². The Labute approximate surface area is 165 Å².